The Hall–Kier alpha value is -2.84. The van der Waals surface area contributed by atoms with Crippen LogP contribution in [0.15, 0.2) is 45.1 Å². The average molecular weight is 539 g/mol. The molecule has 12 nitrogen and oxygen atoms in total. The van der Waals surface area contributed by atoms with Gasteiger partial charge < -0.3 is 48.9 Å². The smallest absolute Gasteiger partial charge is 0.336 e. The molecular formula is C26H34O12. The van der Waals surface area contributed by atoms with Gasteiger partial charge in [-0.15, -0.1) is 0 Å². The van der Waals surface area contributed by atoms with Crippen molar-refractivity contribution in [2.75, 3.05) is 13.7 Å². The number of benzene rings is 1. The van der Waals surface area contributed by atoms with Gasteiger partial charge in [0.15, 0.2) is 12.4 Å². The van der Waals surface area contributed by atoms with E-state index in [0.717, 1.165) is 0 Å². The summed E-state index contributed by atoms with van der Waals surface area (Å²) >= 11 is 0. The van der Waals surface area contributed by atoms with E-state index in [1.54, 1.807) is 6.92 Å². The van der Waals surface area contributed by atoms with Crippen LogP contribution in [-0.4, -0.2) is 87.6 Å². The molecule has 0 saturated carbocycles. The van der Waals surface area contributed by atoms with E-state index in [4.69, 9.17) is 23.4 Å². The lowest BCUT2D eigenvalue weighted by Crippen LogP contribution is -2.61. The second-order valence-electron chi connectivity index (χ2n) is 9.55. The summed E-state index contributed by atoms with van der Waals surface area (Å²) < 4.78 is 27.7. The highest BCUT2D eigenvalue weighted by molar-refractivity contribution is 5.88. The molecule has 0 bridgehead atoms. The van der Waals surface area contributed by atoms with Gasteiger partial charge in [-0.2, -0.15) is 0 Å². The van der Waals surface area contributed by atoms with Crippen LogP contribution in [0.2, 0.25) is 0 Å². The third-order valence-electron chi connectivity index (χ3n) is 6.52. The third kappa shape index (κ3) is 6.07. The van der Waals surface area contributed by atoms with Gasteiger partial charge >= 0.3 is 11.6 Å². The van der Waals surface area contributed by atoms with Crippen LogP contribution in [0.5, 0.6) is 5.75 Å². The van der Waals surface area contributed by atoms with Gasteiger partial charge in [-0.25, -0.2) is 9.59 Å². The summed E-state index contributed by atoms with van der Waals surface area (Å²) in [7, 11) is 1.35. The fourth-order valence-electron chi connectivity index (χ4n) is 4.13. The van der Waals surface area contributed by atoms with Gasteiger partial charge in [-0.1, -0.05) is 6.08 Å². The minimum Gasteiger partial charge on any atom is -0.496 e. The maximum atomic E-state index is 12.8. The number of carbonyl (C=O) groups is 1. The van der Waals surface area contributed by atoms with E-state index in [9.17, 15) is 35.1 Å². The Balaban J connectivity index is 2.04. The molecule has 1 aliphatic heterocycles. The van der Waals surface area contributed by atoms with Crippen molar-refractivity contribution in [3.63, 3.8) is 0 Å². The first-order valence-corrected chi connectivity index (χ1v) is 12.0. The Morgan fingerprint density at radius 2 is 1.84 bits per heavy atom. The lowest BCUT2D eigenvalue weighted by atomic mass is 9.90. The molecule has 5 N–H and O–H groups in total. The average Bonchev–Trinajstić information content (AvgIpc) is 2.89. The molecule has 12 heteroatoms. The Labute approximate surface area is 218 Å². The second-order valence-corrected chi connectivity index (χ2v) is 9.55. The van der Waals surface area contributed by atoms with Crippen molar-refractivity contribution in [2.45, 2.75) is 76.2 Å². The number of aliphatic hydroxyl groups excluding tert-OH is 5. The van der Waals surface area contributed by atoms with Crippen LogP contribution in [0, 0.1) is 0 Å². The van der Waals surface area contributed by atoms with Gasteiger partial charge in [0, 0.05) is 28.7 Å². The normalized spacial score (nSPS) is 26.2. The first-order chi connectivity index (χ1) is 17.8. The quantitative estimate of drug-likeness (QED) is 0.167. The first-order valence-electron chi connectivity index (χ1n) is 12.0. The van der Waals surface area contributed by atoms with Crippen molar-refractivity contribution in [1.29, 1.82) is 0 Å². The number of fused-ring (bicyclic) bond motifs is 1. The van der Waals surface area contributed by atoms with E-state index < -0.39 is 66.7 Å². The summed E-state index contributed by atoms with van der Waals surface area (Å²) in [5, 5.41) is 52.2. The molecule has 2 heterocycles. The van der Waals surface area contributed by atoms with Crippen LogP contribution in [0.1, 0.15) is 39.4 Å². The first kappa shape index (κ1) is 29.7. The topological polar surface area (TPSA) is 185 Å². The lowest BCUT2D eigenvalue weighted by molar-refractivity contribution is -0.335. The zero-order valence-electron chi connectivity index (χ0n) is 21.7. The predicted molar refractivity (Wildman–Crippen MR) is 132 cm³/mol. The number of rotatable bonds is 9. The van der Waals surface area contributed by atoms with Crippen molar-refractivity contribution >= 4 is 16.9 Å². The second kappa shape index (κ2) is 11.9. The zero-order chi connectivity index (χ0) is 28.4. The monoisotopic (exact) mass is 538 g/mol. The van der Waals surface area contributed by atoms with Gasteiger partial charge in [0.1, 0.15) is 47.5 Å². The molecule has 0 amide bonds. The Morgan fingerprint density at radius 1 is 1.16 bits per heavy atom. The van der Waals surface area contributed by atoms with Gasteiger partial charge in [0.05, 0.1) is 13.7 Å². The number of hydrogen-bond acceptors (Lipinski definition) is 12. The SMILES string of the molecule is CC=C(C)C(=O)O[C@@H]([C@H](O)c1cc2ccc(=O)oc2cc1OC)C(C)(C)O[C@@H]1O[C@H](CO)[C@@H](O)[C@H](O)[C@H]1O. The van der Waals surface area contributed by atoms with Crippen LogP contribution in [0.25, 0.3) is 11.0 Å². The van der Waals surface area contributed by atoms with Gasteiger partial charge in [0.2, 0.25) is 0 Å². The molecule has 0 aliphatic carbocycles. The van der Waals surface area contributed by atoms with Crippen molar-refractivity contribution < 1.29 is 53.7 Å². The Morgan fingerprint density at radius 3 is 2.45 bits per heavy atom. The van der Waals surface area contributed by atoms with Gasteiger partial charge in [-0.05, 0) is 39.8 Å². The van der Waals surface area contributed by atoms with E-state index in [1.165, 1.54) is 58.2 Å². The summed E-state index contributed by atoms with van der Waals surface area (Å²) in [5.41, 5.74) is -1.54. The molecule has 1 aromatic heterocycles. The van der Waals surface area contributed by atoms with E-state index in [2.05, 4.69) is 0 Å². The minimum atomic E-state index is -1.73. The number of allylic oxidation sites excluding steroid dienone is 1. The van der Waals surface area contributed by atoms with E-state index in [0.29, 0.717) is 5.39 Å². The summed E-state index contributed by atoms with van der Waals surface area (Å²) in [6.45, 7) is 5.42. The molecule has 1 fully saturated rings. The van der Waals surface area contributed by atoms with Crippen LogP contribution in [0.3, 0.4) is 0 Å². The molecule has 1 saturated heterocycles. The number of ether oxygens (including phenoxy) is 4. The van der Waals surface area contributed by atoms with E-state index in [1.807, 2.05) is 0 Å². The Bertz CT molecular complexity index is 1220. The highest BCUT2D eigenvalue weighted by Crippen LogP contribution is 2.38. The molecule has 7 atom stereocenters. The third-order valence-corrected chi connectivity index (χ3v) is 6.52. The number of carbonyl (C=O) groups excluding carboxylic acids is 1. The van der Waals surface area contributed by atoms with Crippen LogP contribution < -0.4 is 10.4 Å². The fourth-order valence-corrected chi connectivity index (χ4v) is 4.13. The van der Waals surface area contributed by atoms with E-state index >= 15 is 0 Å². The molecule has 38 heavy (non-hydrogen) atoms. The molecule has 0 unspecified atom stereocenters. The Kier molecular flexibility index (Phi) is 9.31. The molecular weight excluding hydrogens is 504 g/mol. The maximum absolute atomic E-state index is 12.8. The van der Waals surface area contributed by atoms with Crippen LogP contribution in [0.4, 0.5) is 0 Å². The standard InChI is InChI=1S/C26H34O12/c1-6-12(2)24(33)37-23(26(3,4)38-25-22(32)21(31)20(30)17(11-27)36-25)19(29)14-9-13-7-8-18(28)35-15(13)10-16(14)34-5/h6-10,17,19-23,25,27,29-32H,11H2,1-5H3/t17-,19-,20-,21+,22-,23+,25+/m1/s1. The molecule has 1 aliphatic rings. The highest BCUT2D eigenvalue weighted by Gasteiger charge is 2.49. The lowest BCUT2D eigenvalue weighted by Gasteiger charge is -2.45. The fraction of sp³-hybridized carbons (Fsp3) is 0.538. The summed E-state index contributed by atoms with van der Waals surface area (Å²) in [6.07, 6.45) is -9.32. The molecule has 210 valence electrons. The maximum Gasteiger partial charge on any atom is 0.336 e. The van der Waals surface area contributed by atoms with Crippen molar-refractivity contribution in [2.24, 2.45) is 0 Å². The summed E-state index contributed by atoms with van der Waals surface area (Å²) in [5.74, 6) is -0.625. The van der Waals surface area contributed by atoms with Crippen LogP contribution in [-0.2, 0) is 19.0 Å². The number of aliphatic hydroxyl groups is 5. The van der Waals surface area contributed by atoms with Gasteiger partial charge in [-0.3, -0.25) is 0 Å². The number of hydrogen-bond donors (Lipinski definition) is 5. The number of esters is 1. The summed E-state index contributed by atoms with van der Waals surface area (Å²) in [4.78, 5) is 24.4. The van der Waals surface area contributed by atoms with Crippen molar-refractivity contribution in [3.05, 3.63) is 51.9 Å². The van der Waals surface area contributed by atoms with E-state index in [-0.39, 0.29) is 22.5 Å². The molecule has 0 radical (unpaired) electrons. The van der Waals surface area contributed by atoms with Crippen molar-refractivity contribution in [1.82, 2.24) is 0 Å². The molecule has 2 aromatic rings. The number of methoxy groups -OCH3 is 1. The largest absolute Gasteiger partial charge is 0.496 e. The molecule has 1 aromatic carbocycles. The predicted octanol–water partition coefficient (Wildman–Crippen LogP) is 0.308. The molecule has 3 rings (SSSR count). The van der Waals surface area contributed by atoms with Gasteiger partial charge in [0.25, 0.3) is 0 Å². The van der Waals surface area contributed by atoms with Crippen LogP contribution >= 0.6 is 0 Å². The van der Waals surface area contributed by atoms with Crippen molar-refractivity contribution in [3.8, 4) is 5.75 Å². The highest BCUT2D eigenvalue weighted by atomic mass is 16.7. The molecule has 0 spiro atoms. The zero-order valence-corrected chi connectivity index (χ0v) is 21.7. The summed E-state index contributed by atoms with van der Waals surface area (Å²) in [6, 6.07) is 5.63. The minimum absolute atomic E-state index is 0.131.